The van der Waals surface area contributed by atoms with Crippen molar-refractivity contribution in [2.24, 2.45) is 0 Å². The van der Waals surface area contributed by atoms with Crippen LogP contribution in [0, 0.1) is 0 Å². The first-order valence-electron chi connectivity index (χ1n) is 8.03. The molecule has 1 aliphatic rings. The molecule has 26 heavy (non-hydrogen) atoms. The summed E-state index contributed by atoms with van der Waals surface area (Å²) in [4.78, 5) is 13.3. The van der Waals surface area contributed by atoms with Gasteiger partial charge in [0.25, 0.3) is 0 Å². The van der Waals surface area contributed by atoms with Crippen molar-refractivity contribution >= 4 is 23.1 Å². The van der Waals surface area contributed by atoms with E-state index < -0.39 is 6.61 Å². The Hall–Kier alpha value is -2.74. The number of hydrogen-bond acceptors (Lipinski definition) is 4. The first-order chi connectivity index (χ1) is 12.6. The van der Waals surface area contributed by atoms with Gasteiger partial charge in [-0.1, -0.05) is 18.2 Å². The van der Waals surface area contributed by atoms with Crippen molar-refractivity contribution in [3.05, 3.63) is 64.0 Å². The molecule has 0 saturated heterocycles. The van der Waals surface area contributed by atoms with E-state index in [4.69, 9.17) is 0 Å². The topological polar surface area (TPSA) is 56.1 Å². The third kappa shape index (κ3) is 3.32. The van der Waals surface area contributed by atoms with Crippen LogP contribution < -0.4 is 10.1 Å². The lowest BCUT2D eigenvalue weighted by molar-refractivity contribution is -0.116. The van der Waals surface area contributed by atoms with Crippen molar-refractivity contribution in [3.8, 4) is 5.75 Å². The maximum absolute atomic E-state index is 12.5. The summed E-state index contributed by atoms with van der Waals surface area (Å²) in [5.41, 5.74) is 1.62. The van der Waals surface area contributed by atoms with E-state index in [1.54, 1.807) is 34.3 Å². The minimum atomic E-state index is -2.89. The number of aromatic nitrogens is 2. The van der Waals surface area contributed by atoms with Crippen LogP contribution in [0.3, 0.4) is 0 Å². The molecule has 1 aromatic carbocycles. The molecular weight excluding hydrogens is 360 g/mol. The Kier molecular flexibility index (Phi) is 4.42. The Labute approximate surface area is 152 Å². The van der Waals surface area contributed by atoms with E-state index in [0.29, 0.717) is 12.4 Å². The monoisotopic (exact) mass is 375 g/mol. The number of nitrogens with one attached hydrogen (secondary N) is 1. The zero-order valence-corrected chi connectivity index (χ0v) is 14.4. The first kappa shape index (κ1) is 16.7. The third-order valence-electron chi connectivity index (χ3n) is 4.26. The van der Waals surface area contributed by atoms with Gasteiger partial charge >= 0.3 is 6.61 Å². The number of rotatable bonds is 5. The summed E-state index contributed by atoms with van der Waals surface area (Å²) in [5.74, 6) is 0.350. The second-order valence-electron chi connectivity index (χ2n) is 5.94. The molecule has 0 aliphatic carbocycles. The molecule has 4 rings (SSSR count). The van der Waals surface area contributed by atoms with Gasteiger partial charge in [-0.25, -0.2) is 4.68 Å². The largest absolute Gasteiger partial charge is 0.435 e. The van der Waals surface area contributed by atoms with E-state index in [-0.39, 0.29) is 24.0 Å². The standard InChI is InChI=1S/C18H15F2N3O2S/c19-18(20)25-12-4-1-3-11(7-12)14-8-16(24)22-17-15(14)9-21-23(17)10-13-5-2-6-26-13/h1-7,9,14,18H,8,10H2,(H,22,24)/t14-/m1/s1. The van der Waals surface area contributed by atoms with Crippen LogP contribution in [0.15, 0.2) is 48.0 Å². The summed E-state index contributed by atoms with van der Waals surface area (Å²) in [6.45, 7) is -2.32. The van der Waals surface area contributed by atoms with Crippen LogP contribution in [0.25, 0.3) is 0 Å². The van der Waals surface area contributed by atoms with Crippen LogP contribution in [-0.4, -0.2) is 22.3 Å². The van der Waals surface area contributed by atoms with Crippen molar-refractivity contribution in [1.82, 2.24) is 9.78 Å². The highest BCUT2D eigenvalue weighted by molar-refractivity contribution is 7.09. The first-order valence-corrected chi connectivity index (χ1v) is 8.91. The molecule has 134 valence electrons. The lowest BCUT2D eigenvalue weighted by atomic mass is 9.87. The molecule has 0 fully saturated rings. The number of alkyl halides is 2. The SMILES string of the molecule is O=C1C[C@H](c2cccc(OC(F)F)c2)c2cnn(Cc3cccs3)c2N1. The predicted octanol–water partition coefficient (Wildman–Crippen LogP) is 4.07. The Morgan fingerprint density at radius 2 is 2.23 bits per heavy atom. The molecule has 0 unspecified atom stereocenters. The Balaban J connectivity index is 1.67. The van der Waals surface area contributed by atoms with E-state index >= 15 is 0 Å². The maximum atomic E-state index is 12.5. The van der Waals surface area contributed by atoms with E-state index in [1.807, 2.05) is 23.6 Å². The highest BCUT2D eigenvalue weighted by Gasteiger charge is 2.30. The number of amides is 1. The highest BCUT2D eigenvalue weighted by Crippen LogP contribution is 2.38. The number of halogens is 2. The molecule has 2 aromatic heterocycles. The third-order valence-corrected chi connectivity index (χ3v) is 5.12. The van der Waals surface area contributed by atoms with Gasteiger partial charge in [0, 0.05) is 22.8 Å². The summed E-state index contributed by atoms with van der Waals surface area (Å²) in [6, 6.07) is 10.4. The number of carbonyl (C=O) groups excluding carboxylic acids is 1. The van der Waals surface area contributed by atoms with Crippen molar-refractivity contribution in [1.29, 1.82) is 0 Å². The van der Waals surface area contributed by atoms with Gasteiger partial charge in [0.15, 0.2) is 0 Å². The smallest absolute Gasteiger partial charge is 0.387 e. The average Bonchev–Trinajstić information content (AvgIpc) is 3.25. The zero-order valence-electron chi connectivity index (χ0n) is 13.6. The maximum Gasteiger partial charge on any atom is 0.387 e. The quantitative estimate of drug-likeness (QED) is 0.731. The van der Waals surface area contributed by atoms with Crippen LogP contribution in [0.1, 0.15) is 28.3 Å². The molecule has 0 radical (unpaired) electrons. The van der Waals surface area contributed by atoms with Crippen LogP contribution in [-0.2, 0) is 11.3 Å². The van der Waals surface area contributed by atoms with Gasteiger partial charge in [0.2, 0.25) is 5.91 Å². The van der Waals surface area contributed by atoms with Gasteiger partial charge in [-0.2, -0.15) is 13.9 Å². The second-order valence-corrected chi connectivity index (χ2v) is 6.97. The summed E-state index contributed by atoms with van der Waals surface area (Å²) >= 11 is 1.62. The van der Waals surface area contributed by atoms with Gasteiger partial charge in [-0.15, -0.1) is 11.3 Å². The summed E-state index contributed by atoms with van der Waals surface area (Å²) in [6.07, 6.45) is 1.96. The average molecular weight is 375 g/mol. The molecule has 1 N–H and O–H groups in total. The molecule has 3 heterocycles. The number of hydrogen-bond donors (Lipinski definition) is 1. The van der Waals surface area contributed by atoms with E-state index in [1.165, 1.54) is 6.07 Å². The highest BCUT2D eigenvalue weighted by atomic mass is 32.1. The van der Waals surface area contributed by atoms with Crippen LogP contribution in [0.2, 0.25) is 0 Å². The number of benzene rings is 1. The zero-order chi connectivity index (χ0) is 18.1. The molecule has 8 heteroatoms. The fraction of sp³-hybridized carbons (Fsp3) is 0.222. The molecule has 0 spiro atoms. The minimum Gasteiger partial charge on any atom is -0.435 e. The number of carbonyl (C=O) groups is 1. The number of ether oxygens (including phenoxy) is 1. The van der Waals surface area contributed by atoms with E-state index in [9.17, 15) is 13.6 Å². The van der Waals surface area contributed by atoms with Crippen molar-refractivity contribution in [2.75, 3.05) is 5.32 Å². The lowest BCUT2D eigenvalue weighted by Crippen LogP contribution is -2.25. The van der Waals surface area contributed by atoms with Gasteiger partial charge in [0.05, 0.1) is 12.7 Å². The Morgan fingerprint density at radius 3 is 3.00 bits per heavy atom. The number of fused-ring (bicyclic) bond motifs is 1. The number of nitrogens with zero attached hydrogens (tertiary/aromatic N) is 2. The van der Waals surface area contributed by atoms with Gasteiger partial charge in [-0.05, 0) is 29.1 Å². The molecule has 1 aliphatic heterocycles. The number of thiophene rings is 1. The van der Waals surface area contributed by atoms with Crippen LogP contribution in [0.5, 0.6) is 5.75 Å². The molecule has 5 nitrogen and oxygen atoms in total. The fourth-order valence-corrected chi connectivity index (χ4v) is 3.83. The summed E-state index contributed by atoms with van der Waals surface area (Å²) in [7, 11) is 0. The molecule has 1 amide bonds. The van der Waals surface area contributed by atoms with Crippen molar-refractivity contribution in [3.63, 3.8) is 0 Å². The summed E-state index contributed by atoms with van der Waals surface area (Å²) in [5, 5.41) is 9.28. The van der Waals surface area contributed by atoms with Gasteiger partial charge in [-0.3, -0.25) is 4.79 Å². The fourth-order valence-electron chi connectivity index (χ4n) is 3.14. The van der Waals surface area contributed by atoms with Crippen molar-refractivity contribution < 1.29 is 18.3 Å². The molecule has 3 aromatic rings. The molecule has 1 atom stereocenters. The Bertz CT molecular complexity index is 924. The lowest BCUT2D eigenvalue weighted by Gasteiger charge is -2.24. The molecular formula is C18H15F2N3O2S. The predicted molar refractivity (Wildman–Crippen MR) is 93.8 cm³/mol. The van der Waals surface area contributed by atoms with E-state index in [2.05, 4.69) is 15.2 Å². The van der Waals surface area contributed by atoms with Gasteiger partial charge < -0.3 is 10.1 Å². The molecule has 0 bridgehead atoms. The molecule has 0 saturated carbocycles. The van der Waals surface area contributed by atoms with Gasteiger partial charge in [0.1, 0.15) is 11.6 Å². The second kappa shape index (κ2) is 6.87. The minimum absolute atomic E-state index is 0.0796. The van der Waals surface area contributed by atoms with Crippen LogP contribution >= 0.6 is 11.3 Å². The number of anilines is 1. The Morgan fingerprint density at radius 1 is 1.35 bits per heavy atom. The normalized spacial score (nSPS) is 16.4. The van der Waals surface area contributed by atoms with Crippen molar-refractivity contribution in [2.45, 2.75) is 25.5 Å². The summed E-state index contributed by atoms with van der Waals surface area (Å²) < 4.78 is 31.2. The van der Waals surface area contributed by atoms with Crippen LogP contribution in [0.4, 0.5) is 14.6 Å². The van der Waals surface area contributed by atoms with E-state index in [0.717, 1.165) is 16.0 Å².